The molecule has 0 aliphatic carbocycles. The highest BCUT2D eigenvalue weighted by atomic mass is 16.5. The monoisotopic (exact) mass is 318 g/mol. The number of fused-ring (bicyclic) bond motifs is 1. The molecular weight excluding hydrogens is 292 g/mol. The van der Waals surface area contributed by atoms with E-state index < -0.39 is 0 Å². The van der Waals surface area contributed by atoms with Gasteiger partial charge in [0.05, 0.1) is 25.5 Å². The lowest BCUT2D eigenvalue weighted by Gasteiger charge is -2.29. The topological polar surface area (TPSA) is 50.7 Å². The van der Waals surface area contributed by atoms with E-state index in [1.165, 1.54) is 17.7 Å². The van der Waals surface area contributed by atoms with Crippen LogP contribution in [0.25, 0.3) is 0 Å². The number of hydrogen-bond donors (Lipinski definition) is 0. The molecule has 0 aromatic carbocycles. The SMILES string of the molecule is c1nc2c(c(N3CCOCC3)n1)CCN(CC1CCOC1)CC2. The molecule has 0 bridgehead atoms. The maximum atomic E-state index is 5.52. The van der Waals surface area contributed by atoms with Gasteiger partial charge in [0.1, 0.15) is 12.1 Å². The summed E-state index contributed by atoms with van der Waals surface area (Å²) in [4.78, 5) is 14.1. The van der Waals surface area contributed by atoms with Gasteiger partial charge in [0, 0.05) is 51.3 Å². The summed E-state index contributed by atoms with van der Waals surface area (Å²) in [6.45, 7) is 8.71. The van der Waals surface area contributed by atoms with E-state index in [-0.39, 0.29) is 0 Å². The van der Waals surface area contributed by atoms with Gasteiger partial charge < -0.3 is 19.3 Å². The molecule has 2 saturated heterocycles. The van der Waals surface area contributed by atoms with Gasteiger partial charge in [-0.1, -0.05) is 0 Å². The van der Waals surface area contributed by atoms with Crippen molar-refractivity contribution in [1.29, 1.82) is 0 Å². The molecule has 4 heterocycles. The van der Waals surface area contributed by atoms with Crippen LogP contribution >= 0.6 is 0 Å². The molecule has 0 radical (unpaired) electrons. The Balaban J connectivity index is 1.47. The average Bonchev–Trinajstić information content (AvgIpc) is 3.02. The Labute approximate surface area is 137 Å². The second-order valence-corrected chi connectivity index (χ2v) is 6.75. The fourth-order valence-electron chi connectivity index (χ4n) is 3.88. The third kappa shape index (κ3) is 3.49. The van der Waals surface area contributed by atoms with E-state index in [0.29, 0.717) is 5.92 Å². The van der Waals surface area contributed by atoms with Gasteiger partial charge in [0.2, 0.25) is 0 Å². The van der Waals surface area contributed by atoms with Gasteiger partial charge in [-0.2, -0.15) is 0 Å². The van der Waals surface area contributed by atoms with Crippen LogP contribution < -0.4 is 4.90 Å². The van der Waals surface area contributed by atoms with E-state index in [2.05, 4.69) is 19.8 Å². The van der Waals surface area contributed by atoms with Crippen molar-refractivity contribution in [3.05, 3.63) is 17.6 Å². The highest BCUT2D eigenvalue weighted by molar-refractivity contribution is 5.49. The van der Waals surface area contributed by atoms with Crippen molar-refractivity contribution in [3.63, 3.8) is 0 Å². The maximum absolute atomic E-state index is 5.52. The smallest absolute Gasteiger partial charge is 0.135 e. The summed E-state index contributed by atoms with van der Waals surface area (Å²) in [6.07, 6.45) is 5.03. The van der Waals surface area contributed by atoms with Crippen LogP contribution in [0.3, 0.4) is 0 Å². The normalized spacial score (nSPS) is 26.1. The minimum atomic E-state index is 0.709. The van der Waals surface area contributed by atoms with Crippen LogP contribution in [0.15, 0.2) is 6.33 Å². The number of rotatable bonds is 3. The van der Waals surface area contributed by atoms with Crippen molar-refractivity contribution in [2.45, 2.75) is 19.3 Å². The molecule has 1 aromatic heterocycles. The third-order valence-electron chi connectivity index (χ3n) is 5.21. The molecule has 6 heteroatoms. The number of anilines is 1. The van der Waals surface area contributed by atoms with Crippen LogP contribution in [0.1, 0.15) is 17.7 Å². The molecule has 0 saturated carbocycles. The molecule has 1 unspecified atom stereocenters. The van der Waals surface area contributed by atoms with E-state index in [0.717, 1.165) is 77.8 Å². The Morgan fingerprint density at radius 2 is 1.87 bits per heavy atom. The quantitative estimate of drug-likeness (QED) is 0.820. The predicted molar refractivity (Wildman–Crippen MR) is 87.8 cm³/mol. The Hall–Kier alpha value is -1.24. The Bertz CT molecular complexity index is 527. The summed E-state index contributed by atoms with van der Waals surface area (Å²) in [5.41, 5.74) is 2.60. The first-order valence-electron chi connectivity index (χ1n) is 8.85. The largest absolute Gasteiger partial charge is 0.381 e. The van der Waals surface area contributed by atoms with Gasteiger partial charge in [0.15, 0.2) is 0 Å². The van der Waals surface area contributed by atoms with E-state index in [4.69, 9.17) is 9.47 Å². The first kappa shape index (κ1) is 15.3. The third-order valence-corrected chi connectivity index (χ3v) is 5.21. The van der Waals surface area contributed by atoms with Gasteiger partial charge in [0.25, 0.3) is 0 Å². The fraction of sp³-hybridized carbons (Fsp3) is 0.765. The highest BCUT2D eigenvalue weighted by Crippen LogP contribution is 2.25. The van der Waals surface area contributed by atoms with Crippen LogP contribution in [0.2, 0.25) is 0 Å². The molecule has 2 fully saturated rings. The summed E-state index contributed by atoms with van der Waals surface area (Å²) in [5, 5.41) is 0. The van der Waals surface area contributed by atoms with E-state index >= 15 is 0 Å². The standard InChI is InChI=1S/C17H26N4O2/c1-4-20(11-14-3-8-23-12-14)5-2-16-15(1)17(19-13-18-16)21-6-9-22-10-7-21/h13-14H,1-12H2. The molecular formula is C17H26N4O2. The first-order chi connectivity index (χ1) is 11.4. The highest BCUT2D eigenvalue weighted by Gasteiger charge is 2.25. The molecule has 3 aliphatic heterocycles. The number of hydrogen-bond acceptors (Lipinski definition) is 6. The van der Waals surface area contributed by atoms with Crippen LogP contribution in [0, 0.1) is 5.92 Å². The molecule has 0 amide bonds. The average molecular weight is 318 g/mol. The Morgan fingerprint density at radius 3 is 2.70 bits per heavy atom. The molecule has 3 aliphatic rings. The van der Waals surface area contributed by atoms with Crippen molar-refractivity contribution in [3.8, 4) is 0 Å². The Kier molecular flexibility index (Phi) is 4.73. The zero-order chi connectivity index (χ0) is 15.5. The number of nitrogens with zero attached hydrogens (tertiary/aromatic N) is 4. The maximum Gasteiger partial charge on any atom is 0.135 e. The second kappa shape index (κ2) is 7.11. The molecule has 0 N–H and O–H groups in total. The molecule has 126 valence electrons. The molecule has 0 spiro atoms. The van der Waals surface area contributed by atoms with Gasteiger partial charge in [-0.25, -0.2) is 9.97 Å². The summed E-state index contributed by atoms with van der Waals surface area (Å²) in [7, 11) is 0. The molecule has 1 atom stereocenters. The minimum absolute atomic E-state index is 0.709. The van der Waals surface area contributed by atoms with Gasteiger partial charge in [-0.3, -0.25) is 0 Å². The van der Waals surface area contributed by atoms with E-state index in [9.17, 15) is 0 Å². The summed E-state index contributed by atoms with van der Waals surface area (Å²) in [6, 6.07) is 0. The van der Waals surface area contributed by atoms with Crippen molar-refractivity contribution in [2.24, 2.45) is 5.92 Å². The lowest BCUT2D eigenvalue weighted by Crippen LogP contribution is -2.37. The summed E-state index contributed by atoms with van der Waals surface area (Å²) in [5.74, 6) is 1.85. The molecule has 1 aromatic rings. The van der Waals surface area contributed by atoms with Crippen LogP contribution in [0.5, 0.6) is 0 Å². The Morgan fingerprint density at radius 1 is 1.00 bits per heavy atom. The molecule has 23 heavy (non-hydrogen) atoms. The van der Waals surface area contributed by atoms with Crippen LogP contribution in [-0.2, 0) is 22.3 Å². The van der Waals surface area contributed by atoms with E-state index in [1.54, 1.807) is 6.33 Å². The van der Waals surface area contributed by atoms with Gasteiger partial charge in [-0.15, -0.1) is 0 Å². The summed E-state index contributed by atoms with van der Waals surface area (Å²) < 4.78 is 11.0. The van der Waals surface area contributed by atoms with Crippen molar-refractivity contribution >= 4 is 5.82 Å². The second-order valence-electron chi connectivity index (χ2n) is 6.75. The summed E-state index contributed by atoms with van der Waals surface area (Å²) >= 11 is 0. The first-order valence-corrected chi connectivity index (χ1v) is 8.85. The molecule has 6 nitrogen and oxygen atoms in total. The lowest BCUT2D eigenvalue weighted by molar-refractivity contribution is 0.122. The zero-order valence-corrected chi connectivity index (χ0v) is 13.7. The number of ether oxygens (including phenoxy) is 2. The van der Waals surface area contributed by atoms with Gasteiger partial charge >= 0.3 is 0 Å². The number of morpholine rings is 1. The van der Waals surface area contributed by atoms with Crippen LogP contribution in [-0.4, -0.2) is 74.0 Å². The molecule has 4 rings (SSSR count). The van der Waals surface area contributed by atoms with Crippen LogP contribution in [0.4, 0.5) is 5.82 Å². The van der Waals surface area contributed by atoms with Crippen molar-refractivity contribution in [2.75, 3.05) is 64.1 Å². The van der Waals surface area contributed by atoms with E-state index in [1.807, 2.05) is 0 Å². The predicted octanol–water partition coefficient (Wildman–Crippen LogP) is 0.750. The van der Waals surface area contributed by atoms with Gasteiger partial charge in [-0.05, 0) is 18.8 Å². The minimum Gasteiger partial charge on any atom is -0.381 e. The fourth-order valence-corrected chi connectivity index (χ4v) is 3.88. The zero-order valence-electron chi connectivity index (χ0n) is 13.7. The lowest BCUT2D eigenvalue weighted by atomic mass is 10.1. The van der Waals surface area contributed by atoms with Crippen molar-refractivity contribution in [1.82, 2.24) is 14.9 Å². The van der Waals surface area contributed by atoms with Crippen molar-refractivity contribution < 1.29 is 9.47 Å². The number of aromatic nitrogens is 2.